The van der Waals surface area contributed by atoms with Crippen molar-refractivity contribution in [3.05, 3.63) is 23.3 Å². The number of hydrogen-bond acceptors (Lipinski definition) is 3. The number of aryl methyl sites for hydroxylation is 1. The third-order valence-corrected chi connectivity index (χ3v) is 3.20. The fourth-order valence-electron chi connectivity index (χ4n) is 2.17. The zero-order valence-electron chi connectivity index (χ0n) is 10.1. The molecule has 0 spiro atoms. The van der Waals surface area contributed by atoms with Gasteiger partial charge in [0.05, 0.1) is 13.2 Å². The Morgan fingerprint density at radius 3 is 2.69 bits per heavy atom. The average molecular weight is 221 g/mol. The summed E-state index contributed by atoms with van der Waals surface area (Å²) >= 11 is 0. The normalized spacial score (nSPS) is 22.8. The lowest BCUT2D eigenvalue weighted by Crippen LogP contribution is -2.24. The van der Waals surface area contributed by atoms with Crippen LogP contribution >= 0.6 is 0 Å². The lowest BCUT2D eigenvalue weighted by Gasteiger charge is -2.12. The average Bonchev–Trinajstić information content (AvgIpc) is 2.65. The molecule has 0 aromatic heterocycles. The molecule has 1 heterocycles. The Morgan fingerprint density at radius 1 is 1.38 bits per heavy atom. The predicted octanol–water partition coefficient (Wildman–Crippen LogP) is 2.43. The highest BCUT2D eigenvalue weighted by Crippen LogP contribution is 2.43. The largest absolute Gasteiger partial charge is 0.493 e. The van der Waals surface area contributed by atoms with E-state index in [2.05, 4.69) is 19.9 Å². The molecule has 2 rings (SSSR count). The van der Waals surface area contributed by atoms with Crippen molar-refractivity contribution in [2.24, 2.45) is 5.73 Å². The summed E-state index contributed by atoms with van der Waals surface area (Å²) in [5.74, 6) is 1.64. The second-order valence-electron chi connectivity index (χ2n) is 4.16. The molecule has 3 heteroatoms. The number of fused-ring (bicyclic) bond motifs is 1. The Balaban J connectivity index is 2.47. The summed E-state index contributed by atoms with van der Waals surface area (Å²) in [5, 5.41) is 0. The van der Waals surface area contributed by atoms with Crippen LogP contribution in [0.4, 0.5) is 0 Å². The molecular weight excluding hydrogens is 202 g/mol. The number of hydrogen-bond donors (Lipinski definition) is 1. The lowest BCUT2D eigenvalue weighted by molar-refractivity contribution is 0.196. The Labute approximate surface area is 96.5 Å². The van der Waals surface area contributed by atoms with Gasteiger partial charge in [-0.1, -0.05) is 19.9 Å². The van der Waals surface area contributed by atoms with Crippen LogP contribution in [-0.4, -0.2) is 13.2 Å². The third-order valence-electron chi connectivity index (χ3n) is 3.20. The molecule has 0 bridgehead atoms. The van der Waals surface area contributed by atoms with E-state index in [-0.39, 0.29) is 12.1 Å². The molecule has 88 valence electrons. The van der Waals surface area contributed by atoms with Gasteiger partial charge in [0.15, 0.2) is 11.5 Å². The summed E-state index contributed by atoms with van der Waals surface area (Å²) < 4.78 is 11.2. The van der Waals surface area contributed by atoms with Crippen molar-refractivity contribution >= 4 is 0 Å². The molecule has 3 nitrogen and oxygen atoms in total. The Bertz CT molecular complexity index is 390. The molecule has 0 saturated heterocycles. The molecule has 2 atom stereocenters. The van der Waals surface area contributed by atoms with Gasteiger partial charge in [0.1, 0.15) is 6.10 Å². The fraction of sp³-hybridized carbons (Fsp3) is 0.538. The summed E-state index contributed by atoms with van der Waals surface area (Å²) in [5.41, 5.74) is 8.50. The van der Waals surface area contributed by atoms with Crippen molar-refractivity contribution in [3.63, 3.8) is 0 Å². The third kappa shape index (κ3) is 1.65. The van der Waals surface area contributed by atoms with Gasteiger partial charge in [0, 0.05) is 5.56 Å². The number of methoxy groups -OCH3 is 1. The van der Waals surface area contributed by atoms with Gasteiger partial charge in [0.2, 0.25) is 0 Å². The molecule has 1 aromatic carbocycles. The molecule has 0 radical (unpaired) electrons. The van der Waals surface area contributed by atoms with E-state index in [1.807, 2.05) is 6.07 Å². The minimum atomic E-state index is -0.0274. The molecule has 0 saturated carbocycles. The first-order chi connectivity index (χ1) is 7.71. The van der Waals surface area contributed by atoms with E-state index in [0.29, 0.717) is 0 Å². The Morgan fingerprint density at radius 2 is 2.12 bits per heavy atom. The van der Waals surface area contributed by atoms with E-state index in [1.165, 1.54) is 5.56 Å². The first-order valence-electron chi connectivity index (χ1n) is 5.84. The molecule has 16 heavy (non-hydrogen) atoms. The SMILES string of the molecule is CCc1cc(OC)c2c(c1)C(N)C(CC)O2. The number of rotatable bonds is 3. The Hall–Kier alpha value is -1.22. The van der Waals surface area contributed by atoms with Gasteiger partial charge < -0.3 is 15.2 Å². The van der Waals surface area contributed by atoms with Crippen LogP contribution in [0.25, 0.3) is 0 Å². The number of ether oxygens (including phenoxy) is 2. The van der Waals surface area contributed by atoms with Crippen molar-refractivity contribution in [1.82, 2.24) is 0 Å². The molecule has 1 aliphatic rings. The number of benzene rings is 1. The molecule has 0 fully saturated rings. The van der Waals surface area contributed by atoms with E-state index in [0.717, 1.165) is 29.9 Å². The minimum Gasteiger partial charge on any atom is -0.493 e. The van der Waals surface area contributed by atoms with E-state index in [4.69, 9.17) is 15.2 Å². The van der Waals surface area contributed by atoms with Crippen LogP contribution in [0.15, 0.2) is 12.1 Å². The van der Waals surface area contributed by atoms with Crippen LogP contribution in [0.5, 0.6) is 11.5 Å². The molecule has 2 N–H and O–H groups in total. The van der Waals surface area contributed by atoms with E-state index in [9.17, 15) is 0 Å². The second kappa shape index (κ2) is 4.34. The first kappa shape index (κ1) is 11.3. The van der Waals surface area contributed by atoms with E-state index < -0.39 is 0 Å². The van der Waals surface area contributed by atoms with Crippen LogP contribution in [0.3, 0.4) is 0 Å². The molecule has 2 unspecified atom stereocenters. The highest BCUT2D eigenvalue weighted by Gasteiger charge is 2.32. The lowest BCUT2D eigenvalue weighted by atomic mass is 9.99. The van der Waals surface area contributed by atoms with Crippen LogP contribution in [0, 0.1) is 0 Å². The van der Waals surface area contributed by atoms with Gasteiger partial charge in [-0.3, -0.25) is 0 Å². The van der Waals surface area contributed by atoms with Crippen molar-refractivity contribution in [1.29, 1.82) is 0 Å². The monoisotopic (exact) mass is 221 g/mol. The highest BCUT2D eigenvalue weighted by molar-refractivity contribution is 5.53. The molecule has 1 aliphatic heterocycles. The summed E-state index contributed by atoms with van der Waals surface area (Å²) in [7, 11) is 1.67. The van der Waals surface area contributed by atoms with Gasteiger partial charge in [-0.2, -0.15) is 0 Å². The van der Waals surface area contributed by atoms with Crippen LogP contribution in [-0.2, 0) is 6.42 Å². The van der Waals surface area contributed by atoms with Crippen molar-refractivity contribution in [3.8, 4) is 11.5 Å². The van der Waals surface area contributed by atoms with Gasteiger partial charge in [-0.15, -0.1) is 0 Å². The molecular formula is C13H19NO2. The molecule has 1 aromatic rings. The maximum absolute atomic E-state index is 6.17. The van der Waals surface area contributed by atoms with Gasteiger partial charge in [0.25, 0.3) is 0 Å². The Kier molecular flexibility index (Phi) is 3.06. The predicted molar refractivity (Wildman–Crippen MR) is 64.0 cm³/mol. The summed E-state index contributed by atoms with van der Waals surface area (Å²) in [6.07, 6.45) is 1.98. The van der Waals surface area contributed by atoms with E-state index >= 15 is 0 Å². The maximum atomic E-state index is 6.17. The van der Waals surface area contributed by atoms with Crippen molar-refractivity contribution < 1.29 is 9.47 Å². The zero-order valence-corrected chi connectivity index (χ0v) is 10.1. The minimum absolute atomic E-state index is 0.0274. The maximum Gasteiger partial charge on any atom is 0.166 e. The van der Waals surface area contributed by atoms with Gasteiger partial charge >= 0.3 is 0 Å². The van der Waals surface area contributed by atoms with E-state index in [1.54, 1.807) is 7.11 Å². The summed E-state index contributed by atoms with van der Waals surface area (Å²) in [6, 6.07) is 4.14. The summed E-state index contributed by atoms with van der Waals surface area (Å²) in [4.78, 5) is 0. The second-order valence-corrected chi connectivity index (χ2v) is 4.16. The topological polar surface area (TPSA) is 44.5 Å². The van der Waals surface area contributed by atoms with Gasteiger partial charge in [-0.25, -0.2) is 0 Å². The standard InChI is InChI=1S/C13H19NO2/c1-4-8-6-9-12(14)10(5-2)16-13(9)11(7-8)15-3/h6-7,10,12H,4-5,14H2,1-3H3. The fourth-order valence-corrected chi connectivity index (χ4v) is 2.17. The zero-order chi connectivity index (χ0) is 11.7. The quantitative estimate of drug-likeness (QED) is 0.852. The molecule has 0 amide bonds. The number of nitrogens with two attached hydrogens (primary N) is 1. The van der Waals surface area contributed by atoms with Crippen LogP contribution < -0.4 is 15.2 Å². The van der Waals surface area contributed by atoms with Gasteiger partial charge in [-0.05, 0) is 24.5 Å². The van der Waals surface area contributed by atoms with Crippen molar-refractivity contribution in [2.45, 2.75) is 38.8 Å². The van der Waals surface area contributed by atoms with Crippen molar-refractivity contribution in [2.75, 3.05) is 7.11 Å². The molecule has 0 aliphatic carbocycles. The smallest absolute Gasteiger partial charge is 0.166 e. The summed E-state index contributed by atoms with van der Waals surface area (Å²) in [6.45, 7) is 4.21. The van der Waals surface area contributed by atoms with Crippen LogP contribution in [0.1, 0.15) is 37.4 Å². The van der Waals surface area contributed by atoms with Crippen LogP contribution in [0.2, 0.25) is 0 Å². The highest BCUT2D eigenvalue weighted by atomic mass is 16.5. The first-order valence-corrected chi connectivity index (χ1v) is 5.84.